The molecular formula is C12H16FN3O3. The Kier molecular flexibility index (Phi) is 3.84. The van der Waals surface area contributed by atoms with E-state index in [1.54, 1.807) is 0 Å². The molecule has 1 unspecified atom stereocenters. The van der Waals surface area contributed by atoms with Crippen LogP contribution >= 0.6 is 0 Å². The van der Waals surface area contributed by atoms with Crippen molar-refractivity contribution in [2.75, 3.05) is 31.6 Å². The Balaban J connectivity index is 2.38. The van der Waals surface area contributed by atoms with Crippen LogP contribution in [0.25, 0.3) is 0 Å². The number of rotatable bonds is 3. The number of nitrogens with zero attached hydrogens (tertiary/aromatic N) is 2. The number of ether oxygens (including phenoxy) is 1. The van der Waals surface area contributed by atoms with Crippen LogP contribution in [0.2, 0.25) is 0 Å². The average Bonchev–Trinajstić information content (AvgIpc) is 2.38. The predicted octanol–water partition coefficient (Wildman–Crippen LogP) is 1.54. The number of halogens is 1. The maximum atomic E-state index is 14.0. The third-order valence-electron chi connectivity index (χ3n) is 3.15. The van der Waals surface area contributed by atoms with E-state index in [4.69, 9.17) is 4.74 Å². The number of nitro benzene ring substituents is 1. The van der Waals surface area contributed by atoms with Gasteiger partial charge in [-0.3, -0.25) is 10.1 Å². The van der Waals surface area contributed by atoms with Crippen LogP contribution in [0, 0.1) is 15.9 Å². The summed E-state index contributed by atoms with van der Waals surface area (Å²) < 4.78 is 19.0. The van der Waals surface area contributed by atoms with Crippen molar-refractivity contribution < 1.29 is 14.1 Å². The number of anilines is 1. The summed E-state index contributed by atoms with van der Waals surface area (Å²) in [6.07, 6.45) is 0. The van der Waals surface area contributed by atoms with Gasteiger partial charge in [0.1, 0.15) is 0 Å². The molecule has 19 heavy (non-hydrogen) atoms. The predicted molar refractivity (Wildman–Crippen MR) is 69.3 cm³/mol. The van der Waals surface area contributed by atoms with E-state index in [0.29, 0.717) is 18.8 Å². The molecular weight excluding hydrogens is 253 g/mol. The van der Waals surface area contributed by atoms with Crippen LogP contribution in [-0.2, 0) is 0 Å². The van der Waals surface area contributed by atoms with Gasteiger partial charge in [0.2, 0.25) is 0 Å². The molecule has 1 saturated heterocycles. The second kappa shape index (κ2) is 5.40. The summed E-state index contributed by atoms with van der Waals surface area (Å²) in [6, 6.07) is 2.56. The first-order valence-electron chi connectivity index (χ1n) is 6.03. The average molecular weight is 269 g/mol. The number of hydrogen-bond donors (Lipinski definition) is 1. The maximum Gasteiger partial charge on any atom is 0.313 e. The van der Waals surface area contributed by atoms with Crippen LogP contribution in [-0.4, -0.2) is 37.7 Å². The lowest BCUT2D eigenvalue weighted by Gasteiger charge is -2.33. The highest BCUT2D eigenvalue weighted by molar-refractivity contribution is 5.60. The molecule has 0 aliphatic carbocycles. The lowest BCUT2D eigenvalue weighted by Crippen LogP contribution is -2.49. The van der Waals surface area contributed by atoms with Crippen molar-refractivity contribution in [1.82, 2.24) is 5.32 Å². The fourth-order valence-corrected chi connectivity index (χ4v) is 2.23. The van der Waals surface area contributed by atoms with E-state index < -0.39 is 10.7 Å². The molecule has 7 heteroatoms. The maximum absolute atomic E-state index is 14.0. The minimum absolute atomic E-state index is 0.0765. The van der Waals surface area contributed by atoms with Gasteiger partial charge in [-0.05, 0) is 6.92 Å². The molecule has 1 atom stereocenters. The highest BCUT2D eigenvalue weighted by Gasteiger charge is 2.24. The standard InChI is InChI=1S/C12H16FN3O3/c1-8-7-15(4-3-14-8)10-6-12(19-2)11(16(17)18)5-9(10)13/h5-6,8,14H,3-4,7H2,1-2H3. The van der Waals surface area contributed by atoms with Crippen molar-refractivity contribution >= 4 is 11.4 Å². The third kappa shape index (κ3) is 2.76. The highest BCUT2D eigenvalue weighted by atomic mass is 19.1. The summed E-state index contributed by atoms with van der Waals surface area (Å²) >= 11 is 0. The smallest absolute Gasteiger partial charge is 0.313 e. The van der Waals surface area contributed by atoms with Crippen molar-refractivity contribution in [3.05, 3.63) is 28.1 Å². The van der Waals surface area contributed by atoms with E-state index in [-0.39, 0.29) is 17.5 Å². The SMILES string of the molecule is COc1cc(N2CCNC(C)C2)c(F)cc1[N+](=O)[O-]. The molecule has 1 aromatic rings. The van der Waals surface area contributed by atoms with Crippen LogP contribution in [0.3, 0.4) is 0 Å². The number of nitrogens with one attached hydrogen (secondary N) is 1. The molecule has 2 rings (SSSR count). The van der Waals surface area contributed by atoms with E-state index in [2.05, 4.69) is 5.32 Å². The topological polar surface area (TPSA) is 67.6 Å². The van der Waals surface area contributed by atoms with E-state index in [9.17, 15) is 14.5 Å². The molecule has 1 aliphatic heterocycles. The fourth-order valence-electron chi connectivity index (χ4n) is 2.23. The molecule has 1 aliphatic rings. The monoisotopic (exact) mass is 269 g/mol. The molecule has 1 aromatic carbocycles. The second-order valence-corrected chi connectivity index (χ2v) is 4.53. The van der Waals surface area contributed by atoms with Gasteiger partial charge >= 0.3 is 5.69 Å². The van der Waals surface area contributed by atoms with Gasteiger partial charge in [0.25, 0.3) is 0 Å². The molecule has 1 fully saturated rings. The number of hydrogen-bond acceptors (Lipinski definition) is 5. The Morgan fingerprint density at radius 1 is 1.58 bits per heavy atom. The first kappa shape index (κ1) is 13.5. The number of benzene rings is 1. The van der Waals surface area contributed by atoms with Crippen molar-refractivity contribution in [2.24, 2.45) is 0 Å². The van der Waals surface area contributed by atoms with Crippen molar-refractivity contribution in [2.45, 2.75) is 13.0 Å². The summed E-state index contributed by atoms with van der Waals surface area (Å²) in [5, 5.41) is 14.1. The van der Waals surface area contributed by atoms with E-state index in [0.717, 1.165) is 12.6 Å². The van der Waals surface area contributed by atoms with Gasteiger partial charge in [-0.2, -0.15) is 0 Å². The molecule has 0 saturated carbocycles. The second-order valence-electron chi connectivity index (χ2n) is 4.53. The Hall–Kier alpha value is -1.89. The van der Waals surface area contributed by atoms with E-state index in [1.807, 2.05) is 11.8 Å². The minimum Gasteiger partial charge on any atom is -0.490 e. The van der Waals surface area contributed by atoms with Gasteiger partial charge in [-0.25, -0.2) is 4.39 Å². The lowest BCUT2D eigenvalue weighted by atomic mass is 10.1. The Bertz CT molecular complexity index is 495. The summed E-state index contributed by atoms with van der Waals surface area (Å²) in [5.41, 5.74) is -0.0114. The van der Waals surface area contributed by atoms with Crippen LogP contribution in [0.4, 0.5) is 15.8 Å². The first-order chi connectivity index (χ1) is 9.02. The van der Waals surface area contributed by atoms with Crippen molar-refractivity contribution in [1.29, 1.82) is 0 Å². The van der Waals surface area contributed by atoms with Gasteiger partial charge in [0, 0.05) is 31.7 Å². The summed E-state index contributed by atoms with van der Waals surface area (Å²) in [6.45, 7) is 4.06. The Morgan fingerprint density at radius 3 is 2.89 bits per heavy atom. The lowest BCUT2D eigenvalue weighted by molar-refractivity contribution is -0.385. The zero-order valence-corrected chi connectivity index (χ0v) is 10.9. The molecule has 1 N–H and O–H groups in total. The molecule has 0 radical (unpaired) electrons. The van der Waals surface area contributed by atoms with E-state index in [1.165, 1.54) is 13.2 Å². The molecule has 0 spiro atoms. The Morgan fingerprint density at radius 2 is 2.32 bits per heavy atom. The Labute approximate surface area is 110 Å². The molecule has 0 amide bonds. The molecule has 1 heterocycles. The van der Waals surface area contributed by atoms with Gasteiger partial charge in [-0.15, -0.1) is 0 Å². The van der Waals surface area contributed by atoms with Crippen LogP contribution < -0.4 is 15.0 Å². The van der Waals surface area contributed by atoms with Gasteiger partial charge in [0.15, 0.2) is 11.6 Å². The quantitative estimate of drug-likeness (QED) is 0.666. The number of nitro groups is 1. The molecule has 6 nitrogen and oxygen atoms in total. The van der Waals surface area contributed by atoms with Crippen molar-refractivity contribution in [3.63, 3.8) is 0 Å². The summed E-state index contributed by atoms with van der Waals surface area (Å²) in [4.78, 5) is 12.0. The highest BCUT2D eigenvalue weighted by Crippen LogP contribution is 2.34. The summed E-state index contributed by atoms with van der Waals surface area (Å²) in [5.74, 6) is -0.519. The first-order valence-corrected chi connectivity index (χ1v) is 6.03. The van der Waals surface area contributed by atoms with E-state index >= 15 is 0 Å². The van der Waals surface area contributed by atoms with Gasteiger partial charge in [0.05, 0.1) is 23.8 Å². The number of piperazine rings is 1. The largest absolute Gasteiger partial charge is 0.490 e. The molecule has 104 valence electrons. The normalized spacial score (nSPS) is 19.3. The zero-order chi connectivity index (χ0) is 14.0. The third-order valence-corrected chi connectivity index (χ3v) is 3.15. The van der Waals surface area contributed by atoms with Gasteiger partial charge < -0.3 is 15.0 Å². The van der Waals surface area contributed by atoms with Gasteiger partial charge in [-0.1, -0.05) is 0 Å². The van der Waals surface area contributed by atoms with Crippen LogP contribution in [0.15, 0.2) is 12.1 Å². The fraction of sp³-hybridized carbons (Fsp3) is 0.500. The minimum atomic E-state index is -0.647. The van der Waals surface area contributed by atoms with Crippen LogP contribution in [0.1, 0.15) is 6.92 Å². The van der Waals surface area contributed by atoms with Crippen molar-refractivity contribution in [3.8, 4) is 5.75 Å². The zero-order valence-electron chi connectivity index (χ0n) is 10.9. The van der Waals surface area contributed by atoms with Crippen LogP contribution in [0.5, 0.6) is 5.75 Å². The molecule has 0 aromatic heterocycles. The number of methoxy groups -OCH3 is 1. The molecule has 0 bridgehead atoms. The summed E-state index contributed by atoms with van der Waals surface area (Å²) in [7, 11) is 1.34.